The van der Waals surface area contributed by atoms with Crippen LogP contribution in [0.4, 0.5) is 11.4 Å². The van der Waals surface area contributed by atoms with Gasteiger partial charge in [0, 0.05) is 24.1 Å². The molecular formula is C20H19ClN4O4S2. The average Bonchev–Trinajstić information content (AvgIpc) is 3.11. The number of halogens is 1. The van der Waals surface area contributed by atoms with Gasteiger partial charge in [-0.15, -0.1) is 11.3 Å². The molecule has 11 heteroatoms. The molecule has 1 N–H and O–H groups in total. The van der Waals surface area contributed by atoms with Crippen LogP contribution in [0.3, 0.4) is 0 Å². The molecule has 1 aliphatic carbocycles. The van der Waals surface area contributed by atoms with Gasteiger partial charge in [-0.05, 0) is 44.2 Å². The molecule has 8 nitrogen and oxygen atoms in total. The maximum atomic E-state index is 13.0. The predicted molar refractivity (Wildman–Crippen MR) is 124 cm³/mol. The SMILES string of the molecule is CC(Sc1nc2sc3c(c2c(=O)n1C)CCCC3)C(=O)Nc1ccc([N+](=O)[O-])cc1Cl. The molecule has 162 valence electrons. The molecule has 0 bridgehead atoms. The molecule has 2 heterocycles. The summed E-state index contributed by atoms with van der Waals surface area (Å²) in [4.78, 5) is 42.6. The number of fused-ring (bicyclic) bond motifs is 3. The van der Waals surface area contributed by atoms with Gasteiger partial charge in [-0.3, -0.25) is 24.3 Å². The van der Waals surface area contributed by atoms with Gasteiger partial charge >= 0.3 is 0 Å². The van der Waals surface area contributed by atoms with Gasteiger partial charge in [0.15, 0.2) is 5.16 Å². The molecule has 4 rings (SSSR count). The van der Waals surface area contributed by atoms with Crippen molar-refractivity contribution in [3.8, 4) is 0 Å². The van der Waals surface area contributed by atoms with Crippen molar-refractivity contribution in [1.29, 1.82) is 0 Å². The molecule has 3 aromatic rings. The van der Waals surface area contributed by atoms with Crippen molar-refractivity contribution in [3.63, 3.8) is 0 Å². The fourth-order valence-corrected chi connectivity index (χ4v) is 5.94. The quantitative estimate of drug-likeness (QED) is 0.249. The summed E-state index contributed by atoms with van der Waals surface area (Å²) in [6.07, 6.45) is 4.11. The van der Waals surface area contributed by atoms with E-state index in [4.69, 9.17) is 11.6 Å². The normalized spacial score (nSPS) is 14.3. The van der Waals surface area contributed by atoms with Crippen LogP contribution in [0.15, 0.2) is 28.2 Å². The third-order valence-corrected chi connectivity index (χ3v) is 7.87. The first-order valence-corrected chi connectivity index (χ1v) is 11.8. The Hall–Kier alpha value is -2.43. The lowest BCUT2D eigenvalue weighted by Gasteiger charge is -2.14. The lowest BCUT2D eigenvalue weighted by atomic mass is 9.97. The number of carbonyl (C=O) groups excluding carboxylic acids is 1. The van der Waals surface area contributed by atoms with Crippen LogP contribution < -0.4 is 10.9 Å². The molecule has 0 saturated carbocycles. The highest BCUT2D eigenvalue weighted by atomic mass is 35.5. The van der Waals surface area contributed by atoms with Crippen molar-refractivity contribution in [2.75, 3.05) is 5.32 Å². The van der Waals surface area contributed by atoms with Crippen LogP contribution in [-0.2, 0) is 24.7 Å². The second-order valence-electron chi connectivity index (χ2n) is 7.32. The number of carbonyl (C=O) groups is 1. The van der Waals surface area contributed by atoms with E-state index in [0.29, 0.717) is 10.5 Å². The highest BCUT2D eigenvalue weighted by molar-refractivity contribution is 8.00. The van der Waals surface area contributed by atoms with Crippen molar-refractivity contribution in [2.24, 2.45) is 7.05 Å². The number of thioether (sulfide) groups is 1. The lowest BCUT2D eigenvalue weighted by Crippen LogP contribution is -2.25. The van der Waals surface area contributed by atoms with Crippen LogP contribution in [-0.4, -0.2) is 25.6 Å². The van der Waals surface area contributed by atoms with Gasteiger partial charge < -0.3 is 5.32 Å². The molecule has 1 unspecified atom stereocenters. The van der Waals surface area contributed by atoms with Crippen LogP contribution in [0.1, 0.15) is 30.2 Å². The van der Waals surface area contributed by atoms with Crippen molar-refractivity contribution < 1.29 is 9.72 Å². The van der Waals surface area contributed by atoms with Crippen molar-refractivity contribution >= 4 is 62.2 Å². The standard InChI is InChI=1S/C20H19ClN4O4S2/c1-10(17(26)22-14-8-7-11(25(28)29)9-13(14)21)30-20-23-18-16(19(27)24(20)2)12-5-3-4-6-15(12)31-18/h7-10H,3-6H2,1-2H3,(H,22,26). The number of nitrogens with zero attached hydrogens (tertiary/aromatic N) is 3. The number of rotatable bonds is 5. The molecule has 0 aliphatic heterocycles. The number of benzene rings is 1. The van der Waals surface area contributed by atoms with E-state index in [1.165, 1.54) is 39.4 Å². The van der Waals surface area contributed by atoms with Gasteiger partial charge in [-0.1, -0.05) is 23.4 Å². The van der Waals surface area contributed by atoms with Crippen LogP contribution in [0, 0.1) is 10.1 Å². The molecule has 0 spiro atoms. The van der Waals surface area contributed by atoms with E-state index < -0.39 is 10.2 Å². The molecule has 1 amide bonds. The number of amides is 1. The number of aryl methyl sites for hydroxylation is 2. The van der Waals surface area contributed by atoms with E-state index in [1.54, 1.807) is 25.3 Å². The molecule has 0 radical (unpaired) electrons. The van der Waals surface area contributed by atoms with Crippen molar-refractivity contribution in [3.05, 3.63) is 54.1 Å². The maximum absolute atomic E-state index is 13.0. The Kier molecular flexibility index (Phi) is 6.05. The lowest BCUT2D eigenvalue weighted by molar-refractivity contribution is -0.384. The Balaban J connectivity index is 1.56. The Bertz CT molecular complexity index is 1270. The van der Waals surface area contributed by atoms with Gasteiger partial charge in [0.25, 0.3) is 11.2 Å². The summed E-state index contributed by atoms with van der Waals surface area (Å²) in [5, 5.41) is 14.2. The zero-order valence-corrected chi connectivity index (χ0v) is 19.2. The number of aromatic nitrogens is 2. The Morgan fingerprint density at radius 3 is 2.84 bits per heavy atom. The molecule has 0 fully saturated rings. The average molecular weight is 479 g/mol. The van der Waals surface area contributed by atoms with E-state index >= 15 is 0 Å². The van der Waals surface area contributed by atoms with Gasteiger partial charge in [0.05, 0.1) is 26.3 Å². The number of nitrogens with one attached hydrogen (secondary N) is 1. The number of hydrogen-bond acceptors (Lipinski definition) is 7. The van der Waals surface area contributed by atoms with Gasteiger partial charge in [0.1, 0.15) is 4.83 Å². The summed E-state index contributed by atoms with van der Waals surface area (Å²) in [6, 6.07) is 3.86. The zero-order chi connectivity index (χ0) is 22.3. The number of nitro benzene ring substituents is 1. The smallest absolute Gasteiger partial charge is 0.271 e. The van der Waals surface area contributed by atoms with E-state index in [-0.39, 0.29) is 27.9 Å². The minimum Gasteiger partial charge on any atom is -0.324 e. The van der Waals surface area contributed by atoms with E-state index in [2.05, 4.69) is 10.3 Å². The highest BCUT2D eigenvalue weighted by Gasteiger charge is 2.24. The van der Waals surface area contributed by atoms with Gasteiger partial charge in [-0.25, -0.2) is 4.98 Å². The first kappa shape index (κ1) is 21.8. The Labute approximate surface area is 190 Å². The molecule has 1 atom stereocenters. The van der Waals surface area contributed by atoms with Gasteiger partial charge in [-0.2, -0.15) is 0 Å². The summed E-state index contributed by atoms with van der Waals surface area (Å²) in [7, 11) is 1.67. The predicted octanol–water partition coefficient (Wildman–Crippen LogP) is 4.55. The van der Waals surface area contributed by atoms with Crippen molar-refractivity contribution in [2.45, 2.75) is 43.0 Å². The number of thiophene rings is 1. The fraction of sp³-hybridized carbons (Fsp3) is 0.350. The van der Waals surface area contributed by atoms with Crippen LogP contribution in [0.2, 0.25) is 5.02 Å². The summed E-state index contributed by atoms with van der Waals surface area (Å²) >= 11 is 8.81. The Morgan fingerprint density at radius 1 is 1.39 bits per heavy atom. The first-order chi connectivity index (χ1) is 14.8. The minimum absolute atomic E-state index is 0.0795. The summed E-state index contributed by atoms with van der Waals surface area (Å²) in [5.74, 6) is -0.347. The van der Waals surface area contributed by atoms with Gasteiger partial charge in [0.2, 0.25) is 5.91 Å². The first-order valence-electron chi connectivity index (χ1n) is 9.69. The Morgan fingerprint density at radius 2 is 2.13 bits per heavy atom. The number of anilines is 1. The minimum atomic E-state index is -0.573. The van der Waals surface area contributed by atoms with Crippen LogP contribution in [0.25, 0.3) is 10.2 Å². The summed E-state index contributed by atoms with van der Waals surface area (Å²) in [6.45, 7) is 1.70. The molecular weight excluding hydrogens is 460 g/mol. The topological polar surface area (TPSA) is 107 Å². The largest absolute Gasteiger partial charge is 0.324 e. The van der Waals surface area contributed by atoms with Crippen LogP contribution >= 0.6 is 34.7 Å². The van der Waals surface area contributed by atoms with E-state index in [1.807, 2.05) is 0 Å². The molecule has 1 aliphatic rings. The molecule has 31 heavy (non-hydrogen) atoms. The third-order valence-electron chi connectivity index (χ3n) is 5.23. The molecule has 1 aromatic carbocycles. The van der Waals surface area contributed by atoms with E-state index in [9.17, 15) is 19.7 Å². The number of hydrogen-bond donors (Lipinski definition) is 1. The molecule has 0 saturated heterocycles. The maximum Gasteiger partial charge on any atom is 0.271 e. The monoisotopic (exact) mass is 478 g/mol. The zero-order valence-electron chi connectivity index (χ0n) is 16.8. The van der Waals surface area contributed by atoms with E-state index in [0.717, 1.165) is 36.1 Å². The number of nitro groups is 1. The number of non-ortho nitro benzene ring substituents is 1. The summed E-state index contributed by atoms with van der Waals surface area (Å²) < 4.78 is 1.50. The van der Waals surface area contributed by atoms with Crippen LogP contribution in [0.5, 0.6) is 0 Å². The fourth-order valence-electron chi connectivity index (χ4n) is 3.54. The third kappa shape index (κ3) is 4.19. The highest BCUT2D eigenvalue weighted by Crippen LogP contribution is 2.35. The summed E-state index contributed by atoms with van der Waals surface area (Å²) in [5.41, 5.74) is 1.18. The van der Waals surface area contributed by atoms with Crippen molar-refractivity contribution in [1.82, 2.24) is 9.55 Å². The second-order valence-corrected chi connectivity index (χ2v) is 10.1. The second kappa shape index (κ2) is 8.60. The molecule has 2 aromatic heterocycles.